The van der Waals surface area contributed by atoms with Gasteiger partial charge in [-0.2, -0.15) is 4.98 Å². The molecule has 2 N–H and O–H groups in total. The molecule has 9 heteroatoms. The number of rotatable bonds is 6. The Balaban J connectivity index is 0.000000527. The van der Waals surface area contributed by atoms with Crippen LogP contribution in [0.2, 0.25) is 0 Å². The topological polar surface area (TPSA) is 86.3 Å². The van der Waals surface area contributed by atoms with Crippen molar-refractivity contribution in [2.24, 2.45) is 0 Å². The minimum Gasteiger partial charge on any atom is -0.339 e. The zero-order chi connectivity index (χ0) is 24.8. The van der Waals surface area contributed by atoms with Crippen LogP contribution in [-0.2, 0) is 11.2 Å². The molecule has 180 valence electrons. The molecule has 0 atom stereocenters. The summed E-state index contributed by atoms with van der Waals surface area (Å²) in [5.74, 6) is 1.12. The van der Waals surface area contributed by atoms with E-state index in [2.05, 4.69) is 67.4 Å². The standard InChI is InChI=1S/C22H17BrN6O.C4H11N/c23-16-2-4-19-15(9-16)10-18(12-25-19)26-21-5-7-24-22(28-21)27-17-3-1-14-6-8-29(13-30)20(14)11-17;1-4-5(2)3/h1-5,7,9-13H,6,8H2,(H2,24,26,27,28);4H2,1-3H3. The molecule has 3 heterocycles. The lowest BCUT2D eigenvalue weighted by atomic mass is 10.1. The molecule has 8 nitrogen and oxygen atoms in total. The first-order valence-corrected chi connectivity index (χ1v) is 12.2. The van der Waals surface area contributed by atoms with E-state index in [0.29, 0.717) is 18.3 Å². The molecule has 0 fully saturated rings. The van der Waals surface area contributed by atoms with Gasteiger partial charge < -0.3 is 20.4 Å². The molecule has 1 amide bonds. The first kappa shape index (κ1) is 24.6. The van der Waals surface area contributed by atoms with Crippen LogP contribution in [0, 0.1) is 0 Å². The Morgan fingerprint density at radius 2 is 1.89 bits per heavy atom. The highest BCUT2D eigenvalue weighted by molar-refractivity contribution is 9.10. The van der Waals surface area contributed by atoms with E-state index in [0.717, 1.165) is 51.8 Å². The lowest BCUT2D eigenvalue weighted by Crippen LogP contribution is -2.17. The summed E-state index contributed by atoms with van der Waals surface area (Å²) in [4.78, 5) is 28.4. The maximum Gasteiger partial charge on any atom is 0.229 e. The number of carbonyl (C=O) groups is 1. The summed E-state index contributed by atoms with van der Waals surface area (Å²) in [6.07, 6.45) is 5.21. The molecule has 0 aliphatic carbocycles. The Bertz CT molecular complexity index is 1330. The quantitative estimate of drug-likeness (QED) is 0.322. The highest BCUT2D eigenvalue weighted by atomic mass is 79.9. The zero-order valence-electron chi connectivity index (χ0n) is 20.0. The fourth-order valence-electron chi connectivity index (χ4n) is 3.53. The normalized spacial score (nSPS) is 12.2. The summed E-state index contributed by atoms with van der Waals surface area (Å²) in [7, 11) is 4.11. The summed E-state index contributed by atoms with van der Waals surface area (Å²) >= 11 is 3.49. The highest BCUT2D eigenvalue weighted by Crippen LogP contribution is 2.30. The van der Waals surface area contributed by atoms with Crippen LogP contribution in [0.15, 0.2) is 65.4 Å². The van der Waals surface area contributed by atoms with Gasteiger partial charge in [0, 0.05) is 34.0 Å². The first-order chi connectivity index (χ1) is 16.9. The van der Waals surface area contributed by atoms with Gasteiger partial charge in [-0.05, 0) is 75.1 Å². The molecule has 2 aromatic carbocycles. The van der Waals surface area contributed by atoms with Crippen molar-refractivity contribution in [3.63, 3.8) is 0 Å². The second-order valence-corrected chi connectivity index (χ2v) is 9.28. The Kier molecular flexibility index (Phi) is 7.89. The summed E-state index contributed by atoms with van der Waals surface area (Å²) in [6, 6.07) is 15.7. The number of hydrogen-bond donors (Lipinski definition) is 2. The Morgan fingerprint density at radius 1 is 1.06 bits per heavy atom. The second-order valence-electron chi connectivity index (χ2n) is 8.36. The zero-order valence-corrected chi connectivity index (χ0v) is 21.6. The summed E-state index contributed by atoms with van der Waals surface area (Å²) in [5, 5.41) is 7.52. The molecular weight excluding hydrogens is 506 g/mol. The Labute approximate surface area is 213 Å². The predicted octanol–water partition coefficient (Wildman–Crippen LogP) is 5.36. The molecule has 0 bridgehead atoms. The molecule has 0 saturated heterocycles. The SMILES string of the molecule is CCN(C)C.O=CN1CCc2ccc(Nc3nccc(Nc4cnc5ccc(Br)cc5c4)n3)cc21. The van der Waals surface area contributed by atoms with Gasteiger partial charge in [-0.1, -0.05) is 28.9 Å². The number of amides is 1. The average Bonchev–Trinajstić information content (AvgIpc) is 3.27. The van der Waals surface area contributed by atoms with Crippen LogP contribution >= 0.6 is 15.9 Å². The number of carbonyl (C=O) groups excluding carboxylic acids is 1. The summed E-state index contributed by atoms with van der Waals surface area (Å²) < 4.78 is 1.00. The Morgan fingerprint density at radius 3 is 2.66 bits per heavy atom. The second kappa shape index (κ2) is 11.2. The molecule has 0 radical (unpaired) electrons. The van der Waals surface area contributed by atoms with Crippen LogP contribution in [0.4, 0.5) is 28.8 Å². The number of anilines is 5. The van der Waals surface area contributed by atoms with Crippen molar-refractivity contribution >= 4 is 62.1 Å². The first-order valence-electron chi connectivity index (χ1n) is 11.4. The van der Waals surface area contributed by atoms with Crippen LogP contribution in [-0.4, -0.2) is 53.4 Å². The van der Waals surface area contributed by atoms with Gasteiger partial charge in [-0.15, -0.1) is 0 Å². The number of benzene rings is 2. The van der Waals surface area contributed by atoms with Crippen molar-refractivity contribution in [2.45, 2.75) is 13.3 Å². The number of nitrogens with zero attached hydrogens (tertiary/aromatic N) is 5. The van der Waals surface area contributed by atoms with Gasteiger partial charge in [-0.25, -0.2) is 4.98 Å². The fraction of sp³-hybridized carbons (Fsp3) is 0.231. The van der Waals surface area contributed by atoms with Crippen LogP contribution in [0.1, 0.15) is 12.5 Å². The monoisotopic (exact) mass is 533 g/mol. The molecule has 2 aromatic heterocycles. The number of nitrogens with one attached hydrogen (secondary N) is 2. The van der Waals surface area contributed by atoms with Crippen LogP contribution < -0.4 is 15.5 Å². The van der Waals surface area contributed by atoms with E-state index < -0.39 is 0 Å². The van der Waals surface area contributed by atoms with Crippen LogP contribution in [0.25, 0.3) is 10.9 Å². The van der Waals surface area contributed by atoms with Crippen molar-refractivity contribution in [2.75, 3.05) is 42.7 Å². The van der Waals surface area contributed by atoms with Crippen molar-refractivity contribution < 1.29 is 4.79 Å². The molecule has 5 rings (SSSR count). The molecular formula is C26H28BrN7O. The predicted molar refractivity (Wildman–Crippen MR) is 146 cm³/mol. The van der Waals surface area contributed by atoms with E-state index in [9.17, 15) is 4.79 Å². The molecule has 0 spiro atoms. The molecule has 0 saturated carbocycles. The van der Waals surface area contributed by atoms with Crippen LogP contribution in [0.5, 0.6) is 0 Å². The van der Waals surface area contributed by atoms with Crippen molar-refractivity contribution in [1.29, 1.82) is 0 Å². The molecule has 1 aliphatic rings. The lowest BCUT2D eigenvalue weighted by molar-refractivity contribution is -0.107. The fourth-order valence-corrected chi connectivity index (χ4v) is 3.91. The van der Waals surface area contributed by atoms with Gasteiger partial charge in [0.25, 0.3) is 0 Å². The van der Waals surface area contributed by atoms with E-state index >= 15 is 0 Å². The van der Waals surface area contributed by atoms with Crippen molar-refractivity contribution in [3.8, 4) is 0 Å². The molecule has 4 aromatic rings. The van der Waals surface area contributed by atoms with Crippen molar-refractivity contribution in [1.82, 2.24) is 19.9 Å². The lowest BCUT2D eigenvalue weighted by Gasteiger charge is -2.13. The minimum atomic E-state index is 0.465. The number of pyridine rings is 1. The summed E-state index contributed by atoms with van der Waals surface area (Å²) in [5.41, 5.74) is 4.69. The average molecular weight is 534 g/mol. The van der Waals surface area contributed by atoms with Gasteiger partial charge in [0.15, 0.2) is 0 Å². The number of halogens is 1. The number of fused-ring (bicyclic) bond motifs is 2. The van der Waals surface area contributed by atoms with Gasteiger partial charge in [0.2, 0.25) is 12.4 Å². The van der Waals surface area contributed by atoms with E-state index in [4.69, 9.17) is 0 Å². The molecule has 0 unspecified atom stereocenters. The van der Waals surface area contributed by atoms with E-state index in [1.807, 2.05) is 42.5 Å². The Hall–Kier alpha value is -3.56. The van der Waals surface area contributed by atoms with Gasteiger partial charge >= 0.3 is 0 Å². The minimum absolute atomic E-state index is 0.465. The molecule has 1 aliphatic heterocycles. The summed E-state index contributed by atoms with van der Waals surface area (Å²) in [6.45, 7) is 3.98. The number of hydrogen-bond acceptors (Lipinski definition) is 7. The van der Waals surface area contributed by atoms with Crippen molar-refractivity contribution in [3.05, 3.63) is 71.0 Å². The third-order valence-electron chi connectivity index (χ3n) is 5.60. The molecule has 35 heavy (non-hydrogen) atoms. The third kappa shape index (κ3) is 6.32. The third-order valence-corrected chi connectivity index (χ3v) is 6.10. The number of aromatic nitrogens is 3. The highest BCUT2D eigenvalue weighted by Gasteiger charge is 2.18. The van der Waals surface area contributed by atoms with Gasteiger partial charge in [0.05, 0.1) is 17.4 Å². The largest absolute Gasteiger partial charge is 0.339 e. The van der Waals surface area contributed by atoms with Crippen LogP contribution in [0.3, 0.4) is 0 Å². The van der Waals surface area contributed by atoms with Gasteiger partial charge in [-0.3, -0.25) is 9.78 Å². The maximum absolute atomic E-state index is 11.2. The van der Waals surface area contributed by atoms with Gasteiger partial charge in [0.1, 0.15) is 5.82 Å². The van der Waals surface area contributed by atoms with E-state index in [1.54, 1.807) is 23.4 Å². The van der Waals surface area contributed by atoms with E-state index in [1.165, 1.54) is 5.56 Å². The van der Waals surface area contributed by atoms with E-state index in [-0.39, 0.29) is 0 Å². The smallest absolute Gasteiger partial charge is 0.229 e. The maximum atomic E-state index is 11.2.